The van der Waals surface area contributed by atoms with E-state index in [-0.39, 0.29) is 6.61 Å². The summed E-state index contributed by atoms with van der Waals surface area (Å²) in [5.41, 5.74) is 6.57. The monoisotopic (exact) mass is 292 g/mol. The molecule has 0 saturated heterocycles. The van der Waals surface area contributed by atoms with Crippen molar-refractivity contribution < 1.29 is 14.2 Å². The molecule has 7 heteroatoms. The summed E-state index contributed by atoms with van der Waals surface area (Å²) in [4.78, 5) is 0. The van der Waals surface area contributed by atoms with Gasteiger partial charge in [0.05, 0.1) is 14.2 Å². The van der Waals surface area contributed by atoms with Gasteiger partial charge >= 0.3 is 0 Å². The summed E-state index contributed by atoms with van der Waals surface area (Å²) in [7, 11) is 5.04. The zero-order valence-electron chi connectivity index (χ0n) is 12.7. The van der Waals surface area contributed by atoms with Crippen LogP contribution in [0.1, 0.15) is 17.2 Å². The van der Waals surface area contributed by atoms with E-state index in [0.717, 1.165) is 17.2 Å². The lowest BCUT2D eigenvalue weighted by Crippen LogP contribution is -2.07. The van der Waals surface area contributed by atoms with E-state index in [2.05, 4.69) is 10.2 Å². The third kappa shape index (κ3) is 3.08. The van der Waals surface area contributed by atoms with Crippen molar-refractivity contribution in [3.63, 3.8) is 0 Å². The molecule has 1 aromatic heterocycles. The number of aromatic nitrogens is 3. The number of hydrogen-bond donors (Lipinski definition) is 1. The Balaban J connectivity index is 2.28. The number of hydrogen-bond acceptors (Lipinski definition) is 6. The molecule has 0 bridgehead atoms. The Bertz CT molecular complexity index is 600. The van der Waals surface area contributed by atoms with E-state index in [1.165, 1.54) is 0 Å². The molecule has 0 aliphatic carbocycles. The van der Waals surface area contributed by atoms with E-state index >= 15 is 0 Å². The van der Waals surface area contributed by atoms with Gasteiger partial charge in [0.15, 0.2) is 17.3 Å². The molecule has 114 valence electrons. The maximum absolute atomic E-state index is 5.82. The molecule has 0 atom stereocenters. The highest BCUT2D eigenvalue weighted by molar-refractivity contribution is 5.53. The van der Waals surface area contributed by atoms with E-state index < -0.39 is 0 Å². The molecule has 7 nitrogen and oxygen atoms in total. The van der Waals surface area contributed by atoms with Gasteiger partial charge in [0.2, 0.25) is 5.75 Å². The minimum Gasteiger partial charge on any atom is -0.493 e. The van der Waals surface area contributed by atoms with E-state index in [0.29, 0.717) is 23.8 Å². The largest absolute Gasteiger partial charge is 0.493 e. The van der Waals surface area contributed by atoms with E-state index in [1.54, 1.807) is 14.2 Å². The van der Waals surface area contributed by atoms with E-state index in [4.69, 9.17) is 19.9 Å². The summed E-state index contributed by atoms with van der Waals surface area (Å²) in [6, 6.07) is 3.67. The van der Waals surface area contributed by atoms with Gasteiger partial charge in [0.25, 0.3) is 0 Å². The second-order valence-electron chi connectivity index (χ2n) is 4.54. The van der Waals surface area contributed by atoms with Gasteiger partial charge in [0.1, 0.15) is 12.4 Å². The second-order valence-corrected chi connectivity index (χ2v) is 4.54. The third-order valence-electron chi connectivity index (χ3n) is 3.28. The molecule has 0 spiro atoms. The molecule has 0 aliphatic heterocycles. The first-order valence-corrected chi connectivity index (χ1v) is 6.53. The normalized spacial score (nSPS) is 10.5. The molecule has 0 fully saturated rings. The van der Waals surface area contributed by atoms with Crippen molar-refractivity contribution >= 4 is 0 Å². The minimum absolute atomic E-state index is 0.270. The number of nitrogens with zero attached hydrogens (tertiary/aromatic N) is 3. The molecule has 0 aliphatic rings. The number of methoxy groups -OCH3 is 2. The summed E-state index contributed by atoms with van der Waals surface area (Å²) in [5.74, 6) is 3.23. The van der Waals surface area contributed by atoms with Gasteiger partial charge in [-0.05, 0) is 24.6 Å². The zero-order valence-corrected chi connectivity index (χ0v) is 12.7. The van der Waals surface area contributed by atoms with Crippen LogP contribution in [0.2, 0.25) is 0 Å². The number of benzene rings is 1. The number of rotatable bonds is 6. The molecule has 1 heterocycles. The maximum atomic E-state index is 5.82. The molecule has 0 saturated carbocycles. The summed E-state index contributed by atoms with van der Waals surface area (Å²) >= 11 is 0. The molecule has 2 aromatic rings. The van der Waals surface area contributed by atoms with Gasteiger partial charge in [-0.1, -0.05) is 0 Å². The standard InChI is InChI=1S/C14H20N4O3/c1-9-16-17-13(18(9)2)8-21-14-11(19-3)5-10(7-15)6-12(14)20-4/h5-6H,7-8,15H2,1-4H3. The van der Waals surface area contributed by atoms with Crippen molar-refractivity contribution in [2.75, 3.05) is 14.2 Å². The maximum Gasteiger partial charge on any atom is 0.204 e. The van der Waals surface area contributed by atoms with E-state index in [1.807, 2.05) is 30.7 Å². The Kier molecular flexibility index (Phi) is 4.64. The average Bonchev–Trinajstić information content (AvgIpc) is 2.83. The second kappa shape index (κ2) is 6.45. The van der Waals surface area contributed by atoms with Crippen LogP contribution < -0.4 is 19.9 Å². The summed E-state index contributed by atoms with van der Waals surface area (Å²) in [6.07, 6.45) is 0. The van der Waals surface area contributed by atoms with Crippen LogP contribution in [0, 0.1) is 6.92 Å². The Labute approximate surface area is 123 Å². The molecule has 21 heavy (non-hydrogen) atoms. The topological polar surface area (TPSA) is 84.4 Å². The fraction of sp³-hybridized carbons (Fsp3) is 0.429. The molecular weight excluding hydrogens is 272 g/mol. The lowest BCUT2D eigenvalue weighted by Gasteiger charge is -2.15. The van der Waals surface area contributed by atoms with Crippen LogP contribution in [0.25, 0.3) is 0 Å². The predicted octanol–water partition coefficient (Wildman–Crippen LogP) is 1.18. The SMILES string of the molecule is COc1cc(CN)cc(OC)c1OCc1nnc(C)n1C. The van der Waals surface area contributed by atoms with Crippen LogP contribution in [0.15, 0.2) is 12.1 Å². The Morgan fingerprint density at radius 1 is 1.14 bits per heavy atom. The first-order chi connectivity index (χ1) is 10.1. The Morgan fingerprint density at radius 3 is 2.19 bits per heavy atom. The fourth-order valence-electron chi connectivity index (χ4n) is 1.91. The summed E-state index contributed by atoms with van der Waals surface area (Å²) in [6.45, 7) is 2.55. The molecule has 0 unspecified atom stereocenters. The lowest BCUT2D eigenvalue weighted by molar-refractivity contribution is 0.255. The fourth-order valence-corrected chi connectivity index (χ4v) is 1.91. The number of ether oxygens (including phenoxy) is 3. The van der Waals surface area contributed by atoms with Crippen molar-refractivity contribution in [3.8, 4) is 17.2 Å². The van der Waals surface area contributed by atoms with E-state index in [9.17, 15) is 0 Å². The molecule has 2 rings (SSSR count). The Hall–Kier alpha value is -2.28. The molecule has 0 amide bonds. The summed E-state index contributed by atoms with van der Waals surface area (Å²) in [5, 5.41) is 8.06. The van der Waals surface area contributed by atoms with Gasteiger partial charge in [-0.15, -0.1) is 10.2 Å². The molecule has 0 radical (unpaired) electrons. The minimum atomic E-state index is 0.270. The van der Waals surface area contributed by atoms with Gasteiger partial charge in [-0.2, -0.15) is 0 Å². The van der Waals surface area contributed by atoms with Gasteiger partial charge in [0, 0.05) is 13.6 Å². The molecular formula is C14H20N4O3. The summed E-state index contributed by atoms with van der Waals surface area (Å²) < 4.78 is 18.4. The van der Waals surface area contributed by atoms with Crippen LogP contribution in [0.5, 0.6) is 17.2 Å². The lowest BCUT2D eigenvalue weighted by atomic mass is 10.2. The van der Waals surface area contributed by atoms with Gasteiger partial charge in [-0.3, -0.25) is 0 Å². The highest BCUT2D eigenvalue weighted by atomic mass is 16.5. The average molecular weight is 292 g/mol. The van der Waals surface area contributed by atoms with Crippen LogP contribution in [0.4, 0.5) is 0 Å². The highest BCUT2D eigenvalue weighted by Crippen LogP contribution is 2.38. The predicted molar refractivity (Wildman–Crippen MR) is 77.5 cm³/mol. The quantitative estimate of drug-likeness (QED) is 0.860. The van der Waals surface area contributed by atoms with Crippen molar-refractivity contribution in [1.29, 1.82) is 0 Å². The first kappa shape index (κ1) is 15.1. The van der Waals surface area contributed by atoms with Gasteiger partial charge < -0.3 is 24.5 Å². The Morgan fingerprint density at radius 2 is 1.76 bits per heavy atom. The number of aryl methyl sites for hydroxylation is 1. The smallest absolute Gasteiger partial charge is 0.204 e. The van der Waals surface area contributed by atoms with Crippen LogP contribution in [-0.2, 0) is 20.2 Å². The van der Waals surface area contributed by atoms with Crippen molar-refractivity contribution in [1.82, 2.24) is 14.8 Å². The van der Waals surface area contributed by atoms with Gasteiger partial charge in [-0.25, -0.2) is 0 Å². The van der Waals surface area contributed by atoms with Crippen molar-refractivity contribution in [2.45, 2.75) is 20.1 Å². The highest BCUT2D eigenvalue weighted by Gasteiger charge is 2.15. The first-order valence-electron chi connectivity index (χ1n) is 6.53. The molecule has 1 aromatic carbocycles. The van der Waals surface area contributed by atoms with Crippen LogP contribution in [-0.4, -0.2) is 29.0 Å². The molecule has 2 N–H and O–H groups in total. The zero-order chi connectivity index (χ0) is 15.4. The number of nitrogens with two attached hydrogens (primary N) is 1. The van der Waals surface area contributed by atoms with Crippen molar-refractivity contribution in [3.05, 3.63) is 29.3 Å². The van der Waals surface area contributed by atoms with Crippen LogP contribution >= 0.6 is 0 Å². The van der Waals surface area contributed by atoms with Crippen molar-refractivity contribution in [2.24, 2.45) is 12.8 Å². The third-order valence-corrected chi connectivity index (χ3v) is 3.28. The van der Waals surface area contributed by atoms with Crippen LogP contribution in [0.3, 0.4) is 0 Å².